The van der Waals surface area contributed by atoms with Crippen molar-refractivity contribution in [3.63, 3.8) is 0 Å². The van der Waals surface area contributed by atoms with Gasteiger partial charge in [-0.15, -0.1) is 0 Å². The fourth-order valence-electron chi connectivity index (χ4n) is 2.77. The SMILES string of the molecule is N#Cc1cc(N2CCN(C3CCC3)CC2)ccn1. The Hall–Kier alpha value is -1.60. The first-order chi connectivity index (χ1) is 8.86. The maximum atomic E-state index is 8.88. The Kier molecular flexibility index (Phi) is 3.16. The van der Waals surface area contributed by atoms with Crippen molar-refractivity contribution >= 4 is 5.69 Å². The molecule has 1 aliphatic carbocycles. The smallest absolute Gasteiger partial charge is 0.142 e. The summed E-state index contributed by atoms with van der Waals surface area (Å²) in [5, 5.41) is 8.88. The third-order valence-electron chi connectivity index (χ3n) is 4.13. The maximum absolute atomic E-state index is 8.88. The van der Waals surface area contributed by atoms with Crippen molar-refractivity contribution in [3.8, 4) is 6.07 Å². The van der Waals surface area contributed by atoms with Crippen molar-refractivity contribution in [2.45, 2.75) is 25.3 Å². The van der Waals surface area contributed by atoms with Gasteiger partial charge in [-0.1, -0.05) is 6.42 Å². The number of rotatable bonds is 2. The van der Waals surface area contributed by atoms with E-state index in [1.54, 1.807) is 6.20 Å². The molecule has 1 saturated heterocycles. The van der Waals surface area contributed by atoms with Crippen molar-refractivity contribution in [1.82, 2.24) is 9.88 Å². The maximum Gasteiger partial charge on any atom is 0.142 e. The molecule has 0 radical (unpaired) electrons. The number of hydrogen-bond acceptors (Lipinski definition) is 4. The molecule has 18 heavy (non-hydrogen) atoms. The number of anilines is 1. The molecule has 0 bridgehead atoms. The molecule has 3 rings (SSSR count). The third kappa shape index (κ3) is 2.19. The minimum atomic E-state index is 0.508. The summed E-state index contributed by atoms with van der Waals surface area (Å²) in [6, 6.07) is 6.84. The minimum Gasteiger partial charge on any atom is -0.369 e. The van der Waals surface area contributed by atoms with E-state index >= 15 is 0 Å². The van der Waals surface area contributed by atoms with Gasteiger partial charge in [0.2, 0.25) is 0 Å². The summed E-state index contributed by atoms with van der Waals surface area (Å²) in [5.41, 5.74) is 1.64. The molecule has 0 spiro atoms. The van der Waals surface area contributed by atoms with Crippen molar-refractivity contribution in [2.75, 3.05) is 31.1 Å². The molecule has 0 amide bonds. The van der Waals surface area contributed by atoms with Gasteiger partial charge < -0.3 is 4.90 Å². The van der Waals surface area contributed by atoms with E-state index < -0.39 is 0 Å². The largest absolute Gasteiger partial charge is 0.369 e. The molecule has 0 atom stereocenters. The number of piperazine rings is 1. The summed E-state index contributed by atoms with van der Waals surface area (Å²) >= 11 is 0. The van der Waals surface area contributed by atoms with Crippen LogP contribution in [0.25, 0.3) is 0 Å². The molecule has 2 aliphatic rings. The Bertz CT molecular complexity index is 453. The van der Waals surface area contributed by atoms with Crippen molar-refractivity contribution < 1.29 is 0 Å². The first kappa shape index (κ1) is 11.5. The number of hydrogen-bond donors (Lipinski definition) is 0. The predicted octanol–water partition coefficient (Wildman–Crippen LogP) is 1.63. The normalized spacial score (nSPS) is 21.4. The Labute approximate surface area is 108 Å². The molecule has 1 aliphatic heterocycles. The second-order valence-electron chi connectivity index (χ2n) is 5.12. The van der Waals surface area contributed by atoms with Crippen LogP contribution in [0.2, 0.25) is 0 Å². The van der Waals surface area contributed by atoms with E-state index in [1.165, 1.54) is 19.3 Å². The zero-order valence-electron chi connectivity index (χ0n) is 10.5. The molecule has 2 heterocycles. The minimum absolute atomic E-state index is 0.508. The monoisotopic (exact) mass is 242 g/mol. The van der Waals surface area contributed by atoms with E-state index in [0.29, 0.717) is 5.69 Å². The number of aromatic nitrogens is 1. The summed E-state index contributed by atoms with van der Waals surface area (Å²) in [5.74, 6) is 0. The first-order valence-electron chi connectivity index (χ1n) is 6.72. The summed E-state index contributed by atoms with van der Waals surface area (Å²) in [4.78, 5) is 9.00. The summed E-state index contributed by atoms with van der Waals surface area (Å²) in [6.45, 7) is 4.42. The lowest BCUT2D eigenvalue weighted by molar-refractivity contribution is 0.120. The van der Waals surface area contributed by atoms with Crippen LogP contribution in [-0.4, -0.2) is 42.1 Å². The van der Waals surface area contributed by atoms with Crippen LogP contribution in [0.15, 0.2) is 18.3 Å². The van der Waals surface area contributed by atoms with Gasteiger partial charge in [0.25, 0.3) is 0 Å². The van der Waals surface area contributed by atoms with Crippen LogP contribution in [0.1, 0.15) is 25.0 Å². The van der Waals surface area contributed by atoms with Gasteiger partial charge in [0.05, 0.1) is 0 Å². The van der Waals surface area contributed by atoms with Crippen molar-refractivity contribution in [1.29, 1.82) is 5.26 Å². The Morgan fingerprint density at radius 2 is 2.00 bits per heavy atom. The van der Waals surface area contributed by atoms with Gasteiger partial charge in [-0.2, -0.15) is 5.26 Å². The van der Waals surface area contributed by atoms with Crippen LogP contribution in [0, 0.1) is 11.3 Å². The van der Waals surface area contributed by atoms with Crippen LogP contribution in [-0.2, 0) is 0 Å². The van der Waals surface area contributed by atoms with Gasteiger partial charge in [0.15, 0.2) is 0 Å². The molecule has 94 valence electrons. The first-order valence-corrected chi connectivity index (χ1v) is 6.72. The van der Waals surface area contributed by atoms with Crippen LogP contribution in [0.3, 0.4) is 0 Å². The molecule has 4 nitrogen and oxygen atoms in total. The standard InChI is InChI=1S/C14H18N4/c15-11-12-10-14(4-5-16-12)18-8-6-17(7-9-18)13-2-1-3-13/h4-5,10,13H,1-3,6-9H2. The van der Waals surface area contributed by atoms with Gasteiger partial charge in [-0.25, -0.2) is 4.98 Å². The average molecular weight is 242 g/mol. The molecule has 1 aromatic heterocycles. The zero-order chi connectivity index (χ0) is 12.4. The van der Waals surface area contributed by atoms with Crippen LogP contribution >= 0.6 is 0 Å². The van der Waals surface area contributed by atoms with Gasteiger partial charge >= 0.3 is 0 Å². The third-order valence-corrected chi connectivity index (χ3v) is 4.13. The van der Waals surface area contributed by atoms with Gasteiger partial charge in [0.1, 0.15) is 11.8 Å². The highest BCUT2D eigenvalue weighted by Crippen LogP contribution is 2.26. The second-order valence-corrected chi connectivity index (χ2v) is 5.12. The summed E-state index contributed by atoms with van der Waals surface area (Å²) < 4.78 is 0. The second kappa shape index (κ2) is 4.95. The van der Waals surface area contributed by atoms with Crippen molar-refractivity contribution in [3.05, 3.63) is 24.0 Å². The lowest BCUT2D eigenvalue weighted by Gasteiger charge is -2.43. The van der Waals surface area contributed by atoms with E-state index in [9.17, 15) is 0 Å². The molecule has 0 N–H and O–H groups in total. The summed E-state index contributed by atoms with van der Waals surface area (Å²) in [6.07, 6.45) is 5.90. The number of nitriles is 1. The molecular formula is C14H18N4. The van der Waals surface area contributed by atoms with Gasteiger partial charge in [-0.3, -0.25) is 4.90 Å². The molecular weight excluding hydrogens is 224 g/mol. The van der Waals surface area contributed by atoms with E-state index in [2.05, 4.69) is 20.9 Å². The summed E-state index contributed by atoms with van der Waals surface area (Å²) in [7, 11) is 0. The number of nitrogens with zero attached hydrogens (tertiary/aromatic N) is 4. The van der Waals surface area contributed by atoms with E-state index in [1.807, 2.05) is 12.1 Å². The van der Waals surface area contributed by atoms with E-state index in [0.717, 1.165) is 37.9 Å². The van der Waals surface area contributed by atoms with Gasteiger partial charge in [-0.05, 0) is 25.0 Å². The van der Waals surface area contributed by atoms with Crippen LogP contribution < -0.4 is 4.90 Å². The van der Waals surface area contributed by atoms with Crippen LogP contribution in [0.4, 0.5) is 5.69 Å². The number of pyridine rings is 1. The highest BCUT2D eigenvalue weighted by Gasteiger charge is 2.27. The van der Waals surface area contributed by atoms with E-state index in [4.69, 9.17) is 5.26 Å². The van der Waals surface area contributed by atoms with Crippen LogP contribution in [0.5, 0.6) is 0 Å². The lowest BCUT2D eigenvalue weighted by atomic mass is 9.91. The Morgan fingerprint density at radius 3 is 2.61 bits per heavy atom. The molecule has 2 fully saturated rings. The Morgan fingerprint density at radius 1 is 1.22 bits per heavy atom. The average Bonchev–Trinajstić information content (AvgIpc) is 2.38. The highest BCUT2D eigenvalue weighted by atomic mass is 15.3. The lowest BCUT2D eigenvalue weighted by Crippen LogP contribution is -2.52. The fourth-order valence-corrected chi connectivity index (χ4v) is 2.77. The fraction of sp³-hybridized carbons (Fsp3) is 0.571. The molecule has 4 heteroatoms. The predicted molar refractivity (Wildman–Crippen MR) is 70.4 cm³/mol. The van der Waals surface area contributed by atoms with Gasteiger partial charge in [0, 0.05) is 44.1 Å². The zero-order valence-corrected chi connectivity index (χ0v) is 10.5. The Balaban J connectivity index is 1.63. The molecule has 1 saturated carbocycles. The van der Waals surface area contributed by atoms with Crippen molar-refractivity contribution in [2.24, 2.45) is 0 Å². The molecule has 1 aromatic rings. The molecule has 0 aromatic carbocycles. The topological polar surface area (TPSA) is 43.2 Å². The molecule has 0 unspecified atom stereocenters. The quantitative estimate of drug-likeness (QED) is 0.790. The van der Waals surface area contributed by atoms with E-state index in [-0.39, 0.29) is 0 Å². The highest BCUT2D eigenvalue weighted by molar-refractivity contribution is 5.49.